The van der Waals surface area contributed by atoms with E-state index >= 15 is 0 Å². The molecule has 0 aliphatic rings. The van der Waals surface area contributed by atoms with Gasteiger partial charge in [0.05, 0.1) is 10.5 Å². The monoisotopic (exact) mass is 336 g/mol. The molecule has 0 fully saturated rings. The van der Waals surface area contributed by atoms with Gasteiger partial charge < -0.3 is 5.32 Å². The molecule has 0 atom stereocenters. The quantitative estimate of drug-likeness (QED) is 0.665. The van der Waals surface area contributed by atoms with E-state index in [0.717, 1.165) is 13.0 Å². The van der Waals surface area contributed by atoms with E-state index in [2.05, 4.69) is 31.2 Å². The molecule has 2 rings (SSSR count). The predicted molar refractivity (Wildman–Crippen MR) is 80.6 cm³/mol. The van der Waals surface area contributed by atoms with Crippen molar-refractivity contribution in [2.45, 2.75) is 13.3 Å². The Bertz CT molecular complexity index is 634. The van der Waals surface area contributed by atoms with Gasteiger partial charge >= 0.3 is 0 Å². The minimum absolute atomic E-state index is 0.000534. The largest absolute Gasteiger partial charge is 0.368 e. The standard InChI is InChI=1S/C13H13BrN4O2/c1-2-5-16-13-12(15-6-7-17-13)10-4-3-9(14)8-11(10)18(19)20/h3-4,6-8H,2,5H2,1H3,(H,16,17). The first kappa shape index (κ1) is 14.4. The zero-order valence-corrected chi connectivity index (χ0v) is 12.4. The van der Waals surface area contributed by atoms with Gasteiger partial charge in [-0.25, -0.2) is 4.98 Å². The maximum atomic E-state index is 11.2. The molecule has 0 aliphatic carbocycles. The van der Waals surface area contributed by atoms with Gasteiger partial charge in [0.25, 0.3) is 5.69 Å². The molecule has 7 heteroatoms. The number of benzene rings is 1. The number of nitro groups is 1. The maximum Gasteiger partial charge on any atom is 0.280 e. The summed E-state index contributed by atoms with van der Waals surface area (Å²) in [5.41, 5.74) is 0.935. The van der Waals surface area contributed by atoms with Crippen LogP contribution in [-0.2, 0) is 0 Å². The van der Waals surface area contributed by atoms with Crippen LogP contribution in [0.25, 0.3) is 11.3 Å². The van der Waals surface area contributed by atoms with E-state index in [1.165, 1.54) is 12.3 Å². The van der Waals surface area contributed by atoms with Crippen LogP contribution in [-0.4, -0.2) is 21.4 Å². The zero-order chi connectivity index (χ0) is 14.5. The zero-order valence-electron chi connectivity index (χ0n) is 10.8. The molecule has 20 heavy (non-hydrogen) atoms. The molecule has 1 aromatic heterocycles. The van der Waals surface area contributed by atoms with E-state index in [0.29, 0.717) is 21.5 Å². The second-order valence-corrected chi connectivity index (χ2v) is 5.01. The number of rotatable bonds is 5. The molecule has 0 bridgehead atoms. The van der Waals surface area contributed by atoms with Crippen molar-refractivity contribution in [3.05, 3.63) is 45.2 Å². The third kappa shape index (κ3) is 3.11. The smallest absolute Gasteiger partial charge is 0.280 e. The summed E-state index contributed by atoms with van der Waals surface area (Å²) < 4.78 is 0.653. The van der Waals surface area contributed by atoms with Crippen LogP contribution in [0.1, 0.15) is 13.3 Å². The number of aromatic nitrogens is 2. The first-order valence-electron chi connectivity index (χ1n) is 6.12. The highest BCUT2D eigenvalue weighted by Gasteiger charge is 2.19. The molecule has 0 spiro atoms. The van der Waals surface area contributed by atoms with E-state index in [1.807, 2.05) is 6.92 Å². The Balaban J connectivity index is 2.54. The second kappa shape index (κ2) is 6.42. The highest BCUT2D eigenvalue weighted by atomic mass is 79.9. The normalized spacial score (nSPS) is 10.3. The lowest BCUT2D eigenvalue weighted by Crippen LogP contribution is -2.05. The number of nitrogens with one attached hydrogen (secondary N) is 1. The Kier molecular flexibility index (Phi) is 4.62. The molecule has 104 valence electrons. The molecular weight excluding hydrogens is 324 g/mol. The molecule has 1 N–H and O–H groups in total. The summed E-state index contributed by atoms with van der Waals surface area (Å²) in [6.45, 7) is 2.77. The van der Waals surface area contributed by atoms with Gasteiger partial charge in [0.2, 0.25) is 0 Å². The van der Waals surface area contributed by atoms with Crippen LogP contribution in [0.4, 0.5) is 11.5 Å². The minimum Gasteiger partial charge on any atom is -0.368 e. The van der Waals surface area contributed by atoms with E-state index in [1.54, 1.807) is 18.3 Å². The van der Waals surface area contributed by atoms with Crippen molar-refractivity contribution < 1.29 is 4.92 Å². The fourth-order valence-corrected chi connectivity index (χ4v) is 2.11. The highest BCUT2D eigenvalue weighted by molar-refractivity contribution is 9.10. The summed E-state index contributed by atoms with van der Waals surface area (Å²) in [6, 6.07) is 4.89. The summed E-state index contributed by atoms with van der Waals surface area (Å²) in [4.78, 5) is 19.2. The van der Waals surface area contributed by atoms with Gasteiger partial charge in [-0.15, -0.1) is 0 Å². The van der Waals surface area contributed by atoms with Crippen molar-refractivity contribution in [3.63, 3.8) is 0 Å². The Morgan fingerprint density at radius 1 is 1.35 bits per heavy atom. The van der Waals surface area contributed by atoms with Gasteiger partial charge in [-0.1, -0.05) is 22.9 Å². The summed E-state index contributed by atoms with van der Waals surface area (Å²) in [7, 11) is 0. The van der Waals surface area contributed by atoms with E-state index in [9.17, 15) is 10.1 Å². The summed E-state index contributed by atoms with van der Waals surface area (Å²) in [5.74, 6) is 0.555. The number of hydrogen-bond acceptors (Lipinski definition) is 5. The van der Waals surface area contributed by atoms with E-state index in [-0.39, 0.29) is 5.69 Å². The molecule has 0 unspecified atom stereocenters. The van der Waals surface area contributed by atoms with Gasteiger partial charge in [0.1, 0.15) is 5.69 Å². The van der Waals surface area contributed by atoms with Crippen LogP contribution in [0.15, 0.2) is 35.1 Å². The lowest BCUT2D eigenvalue weighted by Gasteiger charge is -2.09. The van der Waals surface area contributed by atoms with Crippen molar-refractivity contribution in [3.8, 4) is 11.3 Å². The van der Waals surface area contributed by atoms with Crippen molar-refractivity contribution in [2.75, 3.05) is 11.9 Å². The SMILES string of the molecule is CCCNc1nccnc1-c1ccc(Br)cc1[N+](=O)[O-]. The van der Waals surface area contributed by atoms with Crippen molar-refractivity contribution in [1.82, 2.24) is 9.97 Å². The molecule has 0 saturated heterocycles. The van der Waals surface area contributed by atoms with Crippen molar-refractivity contribution in [1.29, 1.82) is 0 Å². The second-order valence-electron chi connectivity index (χ2n) is 4.10. The first-order chi connectivity index (χ1) is 9.63. The van der Waals surface area contributed by atoms with Crippen LogP contribution in [0.3, 0.4) is 0 Å². The van der Waals surface area contributed by atoms with Crippen molar-refractivity contribution >= 4 is 27.4 Å². The number of nitro benzene ring substituents is 1. The molecule has 0 saturated carbocycles. The predicted octanol–water partition coefficient (Wildman–Crippen LogP) is 3.64. The average Bonchev–Trinajstić information content (AvgIpc) is 2.45. The van der Waals surface area contributed by atoms with E-state index in [4.69, 9.17) is 0 Å². The first-order valence-corrected chi connectivity index (χ1v) is 6.92. The Labute approximate surface area is 124 Å². The number of halogens is 1. The van der Waals surface area contributed by atoms with Crippen LogP contribution in [0.2, 0.25) is 0 Å². The topological polar surface area (TPSA) is 81.0 Å². The van der Waals surface area contributed by atoms with Gasteiger partial charge in [0.15, 0.2) is 5.82 Å². The summed E-state index contributed by atoms with van der Waals surface area (Å²) in [6.07, 6.45) is 4.02. The Morgan fingerprint density at radius 2 is 2.10 bits per heavy atom. The molecule has 2 aromatic rings. The fourth-order valence-electron chi connectivity index (χ4n) is 1.76. The fraction of sp³-hybridized carbons (Fsp3) is 0.231. The van der Waals surface area contributed by atoms with Crippen LogP contribution in [0, 0.1) is 10.1 Å². The molecule has 1 aromatic carbocycles. The van der Waals surface area contributed by atoms with Crippen molar-refractivity contribution in [2.24, 2.45) is 0 Å². The van der Waals surface area contributed by atoms with Gasteiger partial charge in [-0.3, -0.25) is 15.1 Å². The Hall–Kier alpha value is -2.02. The molecule has 0 radical (unpaired) electrons. The molecule has 0 aliphatic heterocycles. The van der Waals surface area contributed by atoms with Crippen LogP contribution in [0.5, 0.6) is 0 Å². The van der Waals surface area contributed by atoms with Gasteiger partial charge in [-0.2, -0.15) is 0 Å². The third-order valence-electron chi connectivity index (χ3n) is 2.65. The lowest BCUT2D eigenvalue weighted by atomic mass is 10.1. The van der Waals surface area contributed by atoms with Crippen LogP contribution >= 0.6 is 15.9 Å². The van der Waals surface area contributed by atoms with Gasteiger partial charge in [-0.05, 0) is 18.6 Å². The molecule has 0 amide bonds. The minimum atomic E-state index is -0.418. The van der Waals surface area contributed by atoms with Crippen LogP contribution < -0.4 is 5.32 Å². The number of nitrogens with zero attached hydrogens (tertiary/aromatic N) is 3. The summed E-state index contributed by atoms with van der Waals surface area (Å²) in [5, 5.41) is 14.3. The van der Waals surface area contributed by atoms with E-state index < -0.39 is 4.92 Å². The number of anilines is 1. The number of hydrogen-bond donors (Lipinski definition) is 1. The highest BCUT2D eigenvalue weighted by Crippen LogP contribution is 2.34. The molecular formula is C13H13BrN4O2. The summed E-state index contributed by atoms with van der Waals surface area (Å²) >= 11 is 3.24. The molecule has 1 heterocycles. The lowest BCUT2D eigenvalue weighted by molar-refractivity contribution is -0.384. The maximum absolute atomic E-state index is 11.2. The average molecular weight is 337 g/mol. The van der Waals surface area contributed by atoms with Gasteiger partial charge in [0, 0.05) is 29.5 Å². The molecule has 6 nitrogen and oxygen atoms in total. The third-order valence-corrected chi connectivity index (χ3v) is 3.15. The Morgan fingerprint density at radius 3 is 2.80 bits per heavy atom.